The fourth-order valence-corrected chi connectivity index (χ4v) is 3.50. The van der Waals surface area contributed by atoms with Gasteiger partial charge in [-0.2, -0.15) is 10.4 Å². The van der Waals surface area contributed by atoms with E-state index in [1.54, 1.807) is 27.2 Å². The molecule has 7 nitrogen and oxygen atoms in total. The average Bonchev–Trinajstić information content (AvgIpc) is 3.10. The number of hydrogen-bond donors (Lipinski definition) is 1. The van der Waals surface area contributed by atoms with Crippen molar-refractivity contribution in [1.29, 1.82) is 5.26 Å². The third-order valence-corrected chi connectivity index (χ3v) is 5.28. The summed E-state index contributed by atoms with van der Waals surface area (Å²) >= 11 is 6.45. The summed E-state index contributed by atoms with van der Waals surface area (Å²) in [7, 11) is 3.11. The van der Waals surface area contributed by atoms with Crippen molar-refractivity contribution in [2.45, 2.75) is 13.3 Å². The largest absolute Gasteiger partial charge is 0.493 e. The monoisotopic (exact) mass is 468 g/mol. The predicted molar refractivity (Wildman–Crippen MR) is 123 cm³/mol. The third kappa shape index (κ3) is 5.51. The van der Waals surface area contributed by atoms with Crippen LogP contribution in [0.2, 0.25) is 5.15 Å². The van der Waals surface area contributed by atoms with Gasteiger partial charge in [0.1, 0.15) is 22.6 Å². The minimum atomic E-state index is -0.525. The first kappa shape index (κ1) is 23.8. The first-order valence-electron chi connectivity index (χ1n) is 10.00. The molecule has 1 amide bonds. The molecule has 33 heavy (non-hydrogen) atoms. The lowest BCUT2D eigenvalue weighted by atomic mass is 10.1. The van der Waals surface area contributed by atoms with Crippen LogP contribution < -0.4 is 14.8 Å². The number of rotatable bonds is 8. The number of halogens is 2. The maximum Gasteiger partial charge on any atom is 0.261 e. The Morgan fingerprint density at radius 1 is 1.21 bits per heavy atom. The average molecular weight is 469 g/mol. The third-order valence-electron chi connectivity index (χ3n) is 4.92. The molecule has 0 aliphatic rings. The predicted octanol–water partition coefficient (Wildman–Crippen LogP) is 4.26. The van der Waals surface area contributed by atoms with Gasteiger partial charge in [-0.1, -0.05) is 17.7 Å². The number of ether oxygens (including phenoxy) is 2. The van der Waals surface area contributed by atoms with E-state index in [1.807, 2.05) is 18.2 Å². The van der Waals surface area contributed by atoms with Crippen LogP contribution in [-0.2, 0) is 11.2 Å². The highest BCUT2D eigenvalue weighted by molar-refractivity contribution is 6.31. The molecule has 2 aromatic carbocycles. The topological polar surface area (TPSA) is 89.2 Å². The van der Waals surface area contributed by atoms with Crippen molar-refractivity contribution in [3.63, 3.8) is 0 Å². The first-order valence-corrected chi connectivity index (χ1v) is 10.4. The normalized spacial score (nSPS) is 11.1. The number of amides is 1. The van der Waals surface area contributed by atoms with Crippen molar-refractivity contribution in [2.75, 3.05) is 20.8 Å². The van der Waals surface area contributed by atoms with E-state index in [2.05, 4.69) is 10.4 Å². The molecule has 9 heteroatoms. The fourth-order valence-electron chi connectivity index (χ4n) is 3.17. The number of benzene rings is 2. The Morgan fingerprint density at radius 3 is 2.55 bits per heavy atom. The smallest absolute Gasteiger partial charge is 0.261 e. The molecule has 0 unspecified atom stereocenters. The molecule has 0 atom stereocenters. The van der Waals surface area contributed by atoms with E-state index < -0.39 is 5.91 Å². The quantitative estimate of drug-likeness (QED) is 0.394. The van der Waals surface area contributed by atoms with E-state index >= 15 is 0 Å². The summed E-state index contributed by atoms with van der Waals surface area (Å²) in [5.74, 6) is 0.314. The van der Waals surface area contributed by atoms with Crippen LogP contribution in [0.4, 0.5) is 4.39 Å². The molecule has 0 fully saturated rings. The molecule has 0 aliphatic carbocycles. The summed E-state index contributed by atoms with van der Waals surface area (Å²) in [6.07, 6.45) is 1.93. The minimum absolute atomic E-state index is 0.106. The Balaban J connectivity index is 1.72. The minimum Gasteiger partial charge on any atom is -0.493 e. The van der Waals surface area contributed by atoms with E-state index in [4.69, 9.17) is 21.1 Å². The van der Waals surface area contributed by atoms with Gasteiger partial charge in [0.25, 0.3) is 5.91 Å². The van der Waals surface area contributed by atoms with Gasteiger partial charge in [-0.05, 0) is 61.4 Å². The zero-order valence-electron chi connectivity index (χ0n) is 18.4. The Labute approximate surface area is 196 Å². The molecule has 1 aromatic heterocycles. The van der Waals surface area contributed by atoms with Crippen LogP contribution in [-0.4, -0.2) is 36.5 Å². The van der Waals surface area contributed by atoms with Crippen molar-refractivity contribution in [1.82, 2.24) is 15.1 Å². The molecule has 3 aromatic rings. The number of aryl methyl sites for hydroxylation is 1. The first-order chi connectivity index (χ1) is 15.9. The summed E-state index contributed by atoms with van der Waals surface area (Å²) < 4.78 is 25.1. The van der Waals surface area contributed by atoms with E-state index in [-0.39, 0.29) is 16.5 Å². The summed E-state index contributed by atoms with van der Waals surface area (Å²) in [5.41, 5.74) is 2.35. The van der Waals surface area contributed by atoms with Crippen LogP contribution in [0.15, 0.2) is 48.0 Å². The Hall–Kier alpha value is -3.83. The van der Waals surface area contributed by atoms with Gasteiger partial charge >= 0.3 is 0 Å². The van der Waals surface area contributed by atoms with Gasteiger partial charge in [0, 0.05) is 12.1 Å². The van der Waals surface area contributed by atoms with E-state index in [0.29, 0.717) is 41.4 Å². The van der Waals surface area contributed by atoms with Crippen molar-refractivity contribution in [2.24, 2.45) is 0 Å². The Kier molecular flexibility index (Phi) is 7.70. The van der Waals surface area contributed by atoms with Crippen LogP contribution in [0.3, 0.4) is 0 Å². The van der Waals surface area contributed by atoms with E-state index in [1.165, 1.54) is 35.0 Å². The van der Waals surface area contributed by atoms with Gasteiger partial charge < -0.3 is 14.8 Å². The Morgan fingerprint density at radius 2 is 1.91 bits per heavy atom. The number of nitrogens with one attached hydrogen (secondary N) is 1. The molecule has 1 N–H and O–H groups in total. The highest BCUT2D eigenvalue weighted by atomic mass is 35.5. The number of aromatic nitrogens is 2. The second-order valence-corrected chi connectivity index (χ2v) is 7.40. The standard InChI is InChI=1S/C24H22ClFN4O3/c1-15-20(23(25)30(29-15)19-7-5-18(26)6-8-19)13-17(14-27)24(31)28-11-10-16-4-9-21(32-2)22(12-16)33-3/h4-9,12-13H,10-11H2,1-3H3,(H,28,31)/b17-13+. The van der Waals surface area contributed by atoms with Gasteiger partial charge in [0.15, 0.2) is 11.5 Å². The maximum absolute atomic E-state index is 13.2. The molecule has 0 radical (unpaired) electrons. The van der Waals surface area contributed by atoms with Crippen LogP contribution >= 0.6 is 11.6 Å². The summed E-state index contributed by atoms with van der Waals surface area (Å²) in [4.78, 5) is 12.6. The summed E-state index contributed by atoms with van der Waals surface area (Å²) in [6.45, 7) is 2.02. The molecule has 3 rings (SSSR count). The van der Waals surface area contributed by atoms with Crippen molar-refractivity contribution >= 4 is 23.6 Å². The number of nitrogens with zero attached hydrogens (tertiary/aromatic N) is 3. The molecule has 0 bridgehead atoms. The second-order valence-electron chi connectivity index (χ2n) is 7.04. The SMILES string of the molecule is COc1ccc(CCNC(=O)/C(C#N)=C/c2c(C)nn(-c3ccc(F)cc3)c2Cl)cc1OC. The second kappa shape index (κ2) is 10.7. The van der Waals surface area contributed by atoms with Gasteiger partial charge in [0.05, 0.1) is 25.6 Å². The van der Waals surface area contributed by atoms with Crippen LogP contribution in [0, 0.1) is 24.1 Å². The van der Waals surface area contributed by atoms with Crippen LogP contribution in [0.5, 0.6) is 11.5 Å². The highest BCUT2D eigenvalue weighted by Gasteiger charge is 2.17. The van der Waals surface area contributed by atoms with Gasteiger partial charge in [-0.3, -0.25) is 4.79 Å². The molecule has 0 saturated carbocycles. The van der Waals surface area contributed by atoms with Crippen LogP contribution in [0.1, 0.15) is 16.8 Å². The molecular weight excluding hydrogens is 447 g/mol. The number of hydrogen-bond acceptors (Lipinski definition) is 5. The number of carbonyl (C=O) groups is 1. The fraction of sp³-hybridized carbons (Fsp3) is 0.208. The summed E-state index contributed by atoms with van der Waals surface area (Å²) in [6, 6.07) is 13.1. The van der Waals surface area contributed by atoms with E-state index in [0.717, 1.165) is 5.56 Å². The lowest BCUT2D eigenvalue weighted by Gasteiger charge is -2.10. The van der Waals surface area contributed by atoms with Crippen LogP contribution in [0.25, 0.3) is 11.8 Å². The number of nitriles is 1. The lowest BCUT2D eigenvalue weighted by Crippen LogP contribution is -2.26. The maximum atomic E-state index is 13.2. The zero-order valence-corrected chi connectivity index (χ0v) is 19.1. The molecular formula is C24H22ClFN4O3. The van der Waals surface area contributed by atoms with Gasteiger partial charge in [-0.25, -0.2) is 9.07 Å². The van der Waals surface area contributed by atoms with Crippen molar-refractivity contribution in [3.05, 3.63) is 75.8 Å². The Bertz CT molecular complexity index is 1230. The number of carbonyl (C=O) groups excluding carboxylic acids is 1. The highest BCUT2D eigenvalue weighted by Crippen LogP contribution is 2.28. The molecule has 0 aliphatic heterocycles. The van der Waals surface area contributed by atoms with Crippen molar-refractivity contribution in [3.8, 4) is 23.3 Å². The molecule has 0 spiro atoms. The van der Waals surface area contributed by atoms with Gasteiger partial charge in [-0.15, -0.1) is 0 Å². The molecule has 1 heterocycles. The summed E-state index contributed by atoms with van der Waals surface area (Å²) in [5, 5.41) is 16.8. The van der Waals surface area contributed by atoms with Crippen molar-refractivity contribution < 1.29 is 18.7 Å². The van der Waals surface area contributed by atoms with Gasteiger partial charge in [0.2, 0.25) is 0 Å². The zero-order chi connectivity index (χ0) is 24.0. The lowest BCUT2D eigenvalue weighted by molar-refractivity contribution is -0.117. The van der Waals surface area contributed by atoms with E-state index in [9.17, 15) is 14.4 Å². The molecule has 170 valence electrons. The molecule has 0 saturated heterocycles. The number of methoxy groups -OCH3 is 2.